The lowest BCUT2D eigenvalue weighted by Gasteiger charge is -2.68. The summed E-state index contributed by atoms with van der Waals surface area (Å²) in [6.45, 7) is 23.4. The summed E-state index contributed by atoms with van der Waals surface area (Å²) in [5, 5.41) is 54.4. The SMILES string of the molecule is C=C(CC[C@](C)(O)[C@H]1CC[C@]2(C)[C@@H]1[C@H](O[C@@H]1O[C@H](CO)[C@@H](O)[C@H](O)[C@H]1O)C[C@@H]1[C@@](C)(CCC(=O)OC)[C@H](C(=C)C)CC[C@]12C)C(C)C. The number of rotatable bonds is 12. The minimum atomic E-state index is -1.55. The lowest BCUT2D eigenvalue weighted by molar-refractivity contribution is -0.332. The van der Waals surface area contributed by atoms with Crippen molar-refractivity contribution in [1.82, 2.24) is 0 Å². The number of aliphatic hydroxyl groups excluding tert-OH is 4. The molecule has 1 heterocycles. The monoisotopic (exact) mass is 664 g/mol. The van der Waals surface area contributed by atoms with Crippen molar-refractivity contribution >= 4 is 5.97 Å². The zero-order valence-electron chi connectivity index (χ0n) is 30.2. The maximum atomic E-state index is 12.5. The summed E-state index contributed by atoms with van der Waals surface area (Å²) in [5.74, 6) is 0.136. The Morgan fingerprint density at radius 1 is 1.02 bits per heavy atom. The molecule has 0 aromatic carbocycles. The van der Waals surface area contributed by atoms with Gasteiger partial charge in [-0.25, -0.2) is 0 Å². The van der Waals surface area contributed by atoms with E-state index in [0.717, 1.165) is 36.8 Å². The largest absolute Gasteiger partial charge is 0.469 e. The van der Waals surface area contributed by atoms with Gasteiger partial charge in [0, 0.05) is 6.42 Å². The predicted molar refractivity (Wildman–Crippen MR) is 180 cm³/mol. The molecule has 0 spiro atoms. The van der Waals surface area contributed by atoms with E-state index in [4.69, 9.17) is 14.2 Å². The van der Waals surface area contributed by atoms with Crippen LogP contribution in [0.5, 0.6) is 0 Å². The third-order valence-corrected chi connectivity index (χ3v) is 14.0. The maximum absolute atomic E-state index is 12.5. The van der Waals surface area contributed by atoms with E-state index in [1.165, 1.54) is 7.11 Å². The number of methoxy groups -OCH3 is 1. The summed E-state index contributed by atoms with van der Waals surface area (Å²) in [7, 11) is 1.42. The lowest BCUT2D eigenvalue weighted by Crippen LogP contribution is -2.65. The Labute approximate surface area is 282 Å². The van der Waals surface area contributed by atoms with Crippen LogP contribution in [0.3, 0.4) is 0 Å². The number of fused-ring (bicyclic) bond motifs is 3. The quantitative estimate of drug-likeness (QED) is 0.112. The minimum Gasteiger partial charge on any atom is -0.469 e. The summed E-state index contributed by atoms with van der Waals surface area (Å²) in [4.78, 5) is 12.5. The highest BCUT2D eigenvalue weighted by molar-refractivity contribution is 5.69. The molecule has 3 saturated carbocycles. The second kappa shape index (κ2) is 14.1. The van der Waals surface area contributed by atoms with Crippen LogP contribution in [-0.2, 0) is 19.0 Å². The first kappa shape index (κ1) is 38.5. The van der Waals surface area contributed by atoms with E-state index in [-0.39, 0.29) is 45.9 Å². The highest BCUT2D eigenvalue weighted by Crippen LogP contribution is 2.74. The first-order chi connectivity index (χ1) is 21.8. The number of ether oxygens (including phenoxy) is 3. The molecule has 4 rings (SSSR count). The van der Waals surface area contributed by atoms with Crippen LogP contribution in [0.2, 0.25) is 0 Å². The number of esters is 1. The summed E-state index contributed by atoms with van der Waals surface area (Å²) < 4.78 is 17.8. The van der Waals surface area contributed by atoms with E-state index in [2.05, 4.69) is 54.7 Å². The number of carbonyl (C=O) groups excluding carboxylic acids is 1. The predicted octanol–water partition coefficient (Wildman–Crippen LogP) is 4.92. The topological polar surface area (TPSA) is 146 Å². The number of hydrogen-bond acceptors (Lipinski definition) is 9. The Kier molecular flexibility index (Phi) is 11.6. The van der Waals surface area contributed by atoms with Gasteiger partial charge < -0.3 is 39.7 Å². The van der Waals surface area contributed by atoms with Gasteiger partial charge in [0.05, 0.1) is 25.4 Å². The van der Waals surface area contributed by atoms with E-state index in [1.807, 2.05) is 6.92 Å². The second-order valence-corrected chi connectivity index (χ2v) is 16.9. The highest BCUT2D eigenvalue weighted by Gasteiger charge is 2.70. The first-order valence-electron chi connectivity index (χ1n) is 17.9. The smallest absolute Gasteiger partial charge is 0.305 e. The standard InChI is InChI=1S/C38H64O9/c1-21(2)23(5)11-18-38(9,44)25-13-17-37(8)30(25)26(46-34-33(43)32(42)31(41)27(20-39)47-34)19-28-35(6,15-14-29(40)45-10)24(22(3)4)12-16-36(28,37)7/h21,24-28,30-34,39,41-44H,3,5,11-20H2,1-2,4,6-10H3/t24-,25-,26+,27+,28+,30-,31+,32-,33+,34+,35-,36+,37+,38-/m0/s1. The van der Waals surface area contributed by atoms with Crippen LogP contribution in [0.1, 0.15) is 106 Å². The van der Waals surface area contributed by atoms with Crippen molar-refractivity contribution < 1.29 is 44.5 Å². The maximum Gasteiger partial charge on any atom is 0.305 e. The van der Waals surface area contributed by atoms with Gasteiger partial charge in [0.25, 0.3) is 0 Å². The van der Waals surface area contributed by atoms with Gasteiger partial charge in [0.1, 0.15) is 24.4 Å². The molecule has 3 aliphatic carbocycles. The Morgan fingerprint density at radius 3 is 2.23 bits per heavy atom. The zero-order chi connectivity index (χ0) is 35.3. The van der Waals surface area contributed by atoms with E-state index in [9.17, 15) is 30.3 Å². The molecule has 1 aliphatic heterocycles. The van der Waals surface area contributed by atoms with Gasteiger partial charge in [0.2, 0.25) is 0 Å². The van der Waals surface area contributed by atoms with Gasteiger partial charge in [-0.1, -0.05) is 58.9 Å². The van der Waals surface area contributed by atoms with Crippen LogP contribution >= 0.6 is 0 Å². The summed E-state index contributed by atoms with van der Waals surface area (Å²) in [6, 6.07) is 0. The third-order valence-electron chi connectivity index (χ3n) is 14.0. The molecule has 1 saturated heterocycles. The van der Waals surface area contributed by atoms with Crippen molar-refractivity contribution in [3.05, 3.63) is 24.3 Å². The van der Waals surface area contributed by atoms with E-state index in [1.54, 1.807) is 0 Å². The zero-order valence-corrected chi connectivity index (χ0v) is 30.2. The van der Waals surface area contributed by atoms with Crippen LogP contribution in [0.4, 0.5) is 0 Å². The number of carbonyl (C=O) groups is 1. The molecule has 4 aliphatic rings. The van der Waals surface area contributed by atoms with Gasteiger partial charge in [0.15, 0.2) is 6.29 Å². The van der Waals surface area contributed by atoms with Crippen molar-refractivity contribution in [2.24, 2.45) is 45.8 Å². The van der Waals surface area contributed by atoms with Crippen molar-refractivity contribution in [3.63, 3.8) is 0 Å². The fourth-order valence-electron chi connectivity index (χ4n) is 10.8. The average Bonchev–Trinajstić information content (AvgIpc) is 3.40. The minimum absolute atomic E-state index is 0.0932. The fraction of sp³-hybridized carbons (Fsp3) is 0.868. The molecule has 9 nitrogen and oxygen atoms in total. The highest BCUT2D eigenvalue weighted by atomic mass is 16.7. The van der Waals surface area contributed by atoms with E-state index < -0.39 is 49.0 Å². The molecular formula is C38H64O9. The molecule has 0 aromatic rings. The molecule has 9 heteroatoms. The number of allylic oxidation sites excluding steroid dienone is 2. The molecule has 0 radical (unpaired) electrons. The Balaban J connectivity index is 1.80. The van der Waals surface area contributed by atoms with Gasteiger partial charge in [-0.15, -0.1) is 0 Å². The molecule has 0 unspecified atom stereocenters. The van der Waals surface area contributed by atoms with Crippen molar-refractivity contribution in [2.75, 3.05) is 13.7 Å². The number of hydrogen-bond donors (Lipinski definition) is 5. The molecule has 0 amide bonds. The van der Waals surface area contributed by atoms with Crippen LogP contribution in [0.25, 0.3) is 0 Å². The fourth-order valence-corrected chi connectivity index (χ4v) is 10.8. The molecular weight excluding hydrogens is 600 g/mol. The summed E-state index contributed by atoms with van der Waals surface area (Å²) in [5.41, 5.74) is 0.448. The van der Waals surface area contributed by atoms with E-state index in [0.29, 0.717) is 38.0 Å². The average molecular weight is 665 g/mol. The lowest BCUT2D eigenvalue weighted by atomic mass is 9.37. The Bertz CT molecular complexity index is 1150. The van der Waals surface area contributed by atoms with Crippen LogP contribution in [0, 0.1) is 45.8 Å². The number of aliphatic hydroxyl groups is 5. The van der Waals surface area contributed by atoms with Crippen LogP contribution < -0.4 is 0 Å². The third kappa shape index (κ3) is 6.76. The summed E-state index contributed by atoms with van der Waals surface area (Å²) >= 11 is 0. The molecule has 5 N–H and O–H groups in total. The van der Waals surface area contributed by atoms with Gasteiger partial charge in [-0.05, 0) is 111 Å². The molecule has 14 atom stereocenters. The molecule has 0 aromatic heterocycles. The normalized spacial score (nSPS) is 44.7. The molecule has 47 heavy (non-hydrogen) atoms. The van der Waals surface area contributed by atoms with Crippen molar-refractivity contribution in [2.45, 2.75) is 149 Å². The van der Waals surface area contributed by atoms with Crippen molar-refractivity contribution in [1.29, 1.82) is 0 Å². The van der Waals surface area contributed by atoms with Crippen molar-refractivity contribution in [3.8, 4) is 0 Å². The molecule has 270 valence electrons. The van der Waals surface area contributed by atoms with Crippen LogP contribution in [-0.4, -0.2) is 87.6 Å². The Morgan fingerprint density at radius 2 is 1.66 bits per heavy atom. The molecule has 0 bridgehead atoms. The Hall–Kier alpha value is -1.33. The van der Waals surface area contributed by atoms with Crippen LogP contribution in [0.15, 0.2) is 24.3 Å². The van der Waals surface area contributed by atoms with Gasteiger partial charge >= 0.3 is 5.97 Å². The van der Waals surface area contributed by atoms with Gasteiger partial charge in [-0.2, -0.15) is 0 Å². The second-order valence-electron chi connectivity index (χ2n) is 16.9. The van der Waals surface area contributed by atoms with E-state index >= 15 is 0 Å². The first-order valence-corrected chi connectivity index (χ1v) is 17.9. The molecule has 4 fully saturated rings. The summed E-state index contributed by atoms with van der Waals surface area (Å²) in [6.07, 6.45) is -0.985. The van der Waals surface area contributed by atoms with Gasteiger partial charge in [-0.3, -0.25) is 4.79 Å².